The average Bonchev–Trinajstić information content (AvgIpc) is 3.03. The summed E-state index contributed by atoms with van der Waals surface area (Å²) in [5, 5.41) is 12.6. The number of benzene rings is 1. The van der Waals surface area contributed by atoms with Gasteiger partial charge in [-0.05, 0) is 68.9 Å². The van der Waals surface area contributed by atoms with E-state index in [1.165, 1.54) is 10.5 Å². The van der Waals surface area contributed by atoms with E-state index in [4.69, 9.17) is 15.1 Å². The van der Waals surface area contributed by atoms with Crippen LogP contribution in [0.4, 0.5) is 10.5 Å². The van der Waals surface area contributed by atoms with Gasteiger partial charge >= 0.3 is 6.09 Å². The highest BCUT2D eigenvalue weighted by Crippen LogP contribution is 2.22. The van der Waals surface area contributed by atoms with Crippen LogP contribution in [0, 0.1) is 26.7 Å². The lowest BCUT2D eigenvalue weighted by Gasteiger charge is -2.30. The number of rotatable bonds is 5. The normalized spacial score (nSPS) is 15.0. The summed E-state index contributed by atoms with van der Waals surface area (Å²) < 4.78 is 2.17. The van der Waals surface area contributed by atoms with Gasteiger partial charge in [0.25, 0.3) is 0 Å². The number of piperidine rings is 1. The lowest BCUT2D eigenvalue weighted by Crippen LogP contribution is -2.39. The Morgan fingerprint density at radius 1 is 1.13 bits per heavy atom. The van der Waals surface area contributed by atoms with Crippen molar-refractivity contribution in [3.8, 4) is 0 Å². The van der Waals surface area contributed by atoms with Gasteiger partial charge in [-0.3, -0.25) is 0 Å². The first-order valence-electron chi connectivity index (χ1n) is 10.5. The summed E-state index contributed by atoms with van der Waals surface area (Å²) in [6.45, 7) is 9.01. The topological polar surface area (TPSA) is 83.3 Å². The van der Waals surface area contributed by atoms with Gasteiger partial charge < -0.3 is 19.9 Å². The molecule has 4 rings (SSSR count). The SMILES string of the molecule is Cc1cc(C)c2nc(C)n(Cc3ccc(NCC4CCN(C(=O)O)CC4)cc3)c2n1. The number of nitrogens with one attached hydrogen (secondary N) is 1. The standard InChI is InChI=1S/C23H29N5O2/c1-15-12-16(2)25-22-21(15)26-17(3)28(22)14-19-4-6-20(7-5-19)24-13-18-8-10-27(11-9-18)23(29)30/h4-7,12,18,24H,8-11,13-14H2,1-3H3,(H,29,30). The number of amides is 1. The Labute approximate surface area is 176 Å². The Morgan fingerprint density at radius 2 is 1.83 bits per heavy atom. The quantitative estimate of drug-likeness (QED) is 0.662. The predicted molar refractivity (Wildman–Crippen MR) is 118 cm³/mol. The molecule has 0 spiro atoms. The fourth-order valence-corrected chi connectivity index (χ4v) is 4.20. The second-order valence-corrected chi connectivity index (χ2v) is 8.29. The van der Waals surface area contributed by atoms with Crippen molar-refractivity contribution >= 4 is 22.9 Å². The van der Waals surface area contributed by atoms with Gasteiger partial charge in [-0.2, -0.15) is 0 Å². The highest BCUT2D eigenvalue weighted by molar-refractivity contribution is 5.76. The fourth-order valence-electron chi connectivity index (χ4n) is 4.20. The van der Waals surface area contributed by atoms with E-state index in [0.717, 1.165) is 59.9 Å². The first-order chi connectivity index (χ1) is 14.4. The molecule has 0 bridgehead atoms. The van der Waals surface area contributed by atoms with Crippen LogP contribution in [0.2, 0.25) is 0 Å². The van der Waals surface area contributed by atoms with E-state index >= 15 is 0 Å². The maximum absolute atomic E-state index is 11.0. The van der Waals surface area contributed by atoms with Crippen LogP contribution in [-0.2, 0) is 6.54 Å². The number of fused-ring (bicyclic) bond motifs is 1. The van der Waals surface area contributed by atoms with Gasteiger partial charge in [0, 0.05) is 31.0 Å². The Bertz CT molecular complexity index is 1050. The van der Waals surface area contributed by atoms with Gasteiger partial charge in [-0.25, -0.2) is 14.8 Å². The Balaban J connectivity index is 1.38. The van der Waals surface area contributed by atoms with Crippen molar-refractivity contribution < 1.29 is 9.90 Å². The smallest absolute Gasteiger partial charge is 0.407 e. The van der Waals surface area contributed by atoms with Crippen molar-refractivity contribution in [1.82, 2.24) is 19.4 Å². The second-order valence-electron chi connectivity index (χ2n) is 8.29. The number of imidazole rings is 1. The van der Waals surface area contributed by atoms with E-state index in [1.807, 2.05) is 13.8 Å². The summed E-state index contributed by atoms with van der Waals surface area (Å²) in [5.74, 6) is 1.49. The zero-order chi connectivity index (χ0) is 21.3. The highest BCUT2D eigenvalue weighted by atomic mass is 16.4. The molecule has 0 radical (unpaired) electrons. The van der Waals surface area contributed by atoms with Crippen LogP contribution in [0.1, 0.15) is 35.5 Å². The molecule has 0 atom stereocenters. The molecular formula is C23H29N5O2. The number of nitrogens with zero attached hydrogens (tertiary/aromatic N) is 4. The summed E-state index contributed by atoms with van der Waals surface area (Å²) in [7, 11) is 0. The maximum atomic E-state index is 11.0. The van der Waals surface area contributed by atoms with E-state index in [2.05, 4.69) is 47.1 Å². The number of pyridine rings is 1. The molecular weight excluding hydrogens is 378 g/mol. The number of anilines is 1. The van der Waals surface area contributed by atoms with Crippen molar-refractivity contribution in [3.63, 3.8) is 0 Å². The minimum Gasteiger partial charge on any atom is -0.465 e. The number of aromatic nitrogens is 3. The number of carboxylic acid groups (broad SMARTS) is 1. The summed E-state index contributed by atoms with van der Waals surface area (Å²) >= 11 is 0. The molecule has 1 aliphatic heterocycles. The van der Waals surface area contributed by atoms with Crippen molar-refractivity contribution in [2.45, 2.75) is 40.2 Å². The largest absolute Gasteiger partial charge is 0.465 e. The van der Waals surface area contributed by atoms with Crippen molar-refractivity contribution in [2.75, 3.05) is 25.0 Å². The zero-order valence-electron chi connectivity index (χ0n) is 17.9. The third kappa shape index (κ3) is 4.25. The van der Waals surface area contributed by atoms with Crippen molar-refractivity contribution in [3.05, 3.63) is 53.0 Å². The van der Waals surface area contributed by atoms with Crippen molar-refractivity contribution in [2.24, 2.45) is 5.92 Å². The molecule has 0 unspecified atom stereocenters. The molecule has 0 saturated carbocycles. The molecule has 7 heteroatoms. The fraction of sp³-hybridized carbons (Fsp3) is 0.435. The molecule has 1 saturated heterocycles. The monoisotopic (exact) mass is 407 g/mol. The lowest BCUT2D eigenvalue weighted by molar-refractivity contribution is 0.126. The molecule has 1 amide bonds. The number of carbonyl (C=O) groups is 1. The minimum absolute atomic E-state index is 0.512. The van der Waals surface area contributed by atoms with Gasteiger partial charge in [0.1, 0.15) is 11.3 Å². The van der Waals surface area contributed by atoms with E-state index in [1.54, 1.807) is 0 Å². The van der Waals surface area contributed by atoms with E-state index < -0.39 is 6.09 Å². The maximum Gasteiger partial charge on any atom is 0.407 e. The predicted octanol–water partition coefficient (Wildman–Crippen LogP) is 4.21. The van der Waals surface area contributed by atoms with Gasteiger partial charge in [-0.15, -0.1) is 0 Å². The van der Waals surface area contributed by atoms with Crippen LogP contribution in [0.5, 0.6) is 0 Å². The van der Waals surface area contributed by atoms with Crippen LogP contribution >= 0.6 is 0 Å². The molecule has 158 valence electrons. The second kappa shape index (κ2) is 8.34. The number of hydrogen-bond acceptors (Lipinski definition) is 4. The molecule has 3 aromatic rings. The van der Waals surface area contributed by atoms with Gasteiger partial charge in [0.2, 0.25) is 0 Å². The summed E-state index contributed by atoms with van der Waals surface area (Å²) in [6, 6.07) is 10.6. The molecule has 3 heterocycles. The van der Waals surface area contributed by atoms with Crippen LogP contribution in [0.3, 0.4) is 0 Å². The molecule has 0 aliphatic carbocycles. The number of likely N-dealkylation sites (tertiary alicyclic amines) is 1. The summed E-state index contributed by atoms with van der Waals surface area (Å²) in [4.78, 5) is 21.9. The minimum atomic E-state index is -0.807. The first kappa shape index (κ1) is 20.2. The van der Waals surface area contributed by atoms with E-state index in [9.17, 15) is 4.79 Å². The van der Waals surface area contributed by atoms with Crippen LogP contribution in [-0.4, -0.2) is 50.3 Å². The molecule has 2 aromatic heterocycles. The van der Waals surface area contributed by atoms with Gasteiger partial charge in [0.05, 0.1) is 6.54 Å². The van der Waals surface area contributed by atoms with Crippen LogP contribution < -0.4 is 5.32 Å². The van der Waals surface area contributed by atoms with E-state index in [0.29, 0.717) is 19.0 Å². The molecule has 2 N–H and O–H groups in total. The third-order valence-electron chi connectivity index (χ3n) is 5.99. The third-order valence-corrected chi connectivity index (χ3v) is 5.99. The number of aryl methyl sites for hydroxylation is 3. The van der Waals surface area contributed by atoms with E-state index in [-0.39, 0.29) is 0 Å². The molecule has 30 heavy (non-hydrogen) atoms. The van der Waals surface area contributed by atoms with Gasteiger partial charge in [0.15, 0.2) is 5.65 Å². The average molecular weight is 408 g/mol. The van der Waals surface area contributed by atoms with Crippen LogP contribution in [0.25, 0.3) is 11.2 Å². The first-order valence-corrected chi connectivity index (χ1v) is 10.5. The number of hydrogen-bond donors (Lipinski definition) is 2. The molecule has 1 fully saturated rings. The molecule has 1 aliphatic rings. The van der Waals surface area contributed by atoms with Gasteiger partial charge in [-0.1, -0.05) is 12.1 Å². The summed E-state index contributed by atoms with van der Waals surface area (Å²) in [6.07, 6.45) is 1.02. The zero-order valence-corrected chi connectivity index (χ0v) is 17.9. The Kier molecular flexibility index (Phi) is 5.61. The van der Waals surface area contributed by atoms with Crippen LogP contribution in [0.15, 0.2) is 30.3 Å². The summed E-state index contributed by atoms with van der Waals surface area (Å²) in [5.41, 5.74) is 6.39. The molecule has 7 nitrogen and oxygen atoms in total. The van der Waals surface area contributed by atoms with Crippen molar-refractivity contribution in [1.29, 1.82) is 0 Å². The highest BCUT2D eigenvalue weighted by Gasteiger charge is 2.21. The molecule has 1 aromatic carbocycles. The Morgan fingerprint density at radius 3 is 2.50 bits per heavy atom. The lowest BCUT2D eigenvalue weighted by atomic mass is 9.97. The Hall–Kier alpha value is -3.09.